The molecule has 0 unspecified atom stereocenters. The van der Waals surface area contributed by atoms with Crippen molar-refractivity contribution in [2.75, 3.05) is 0 Å². The van der Waals surface area contributed by atoms with Crippen LogP contribution in [0.2, 0.25) is 5.15 Å². The number of benzene rings is 1. The van der Waals surface area contributed by atoms with Gasteiger partial charge in [0.05, 0.1) is 24.2 Å². The first-order valence-corrected chi connectivity index (χ1v) is 8.35. The molecule has 5 nitrogen and oxygen atoms in total. The average Bonchev–Trinajstić information content (AvgIpc) is 3.29. The lowest BCUT2D eigenvalue weighted by Gasteiger charge is -2.04. The Kier molecular flexibility index (Phi) is 3.64. The zero-order valence-electron chi connectivity index (χ0n) is 13.1. The van der Waals surface area contributed by atoms with E-state index in [0.717, 1.165) is 12.8 Å². The van der Waals surface area contributed by atoms with Crippen LogP contribution in [0.1, 0.15) is 31.4 Å². The van der Waals surface area contributed by atoms with Gasteiger partial charge in [-0.1, -0.05) is 43.1 Å². The predicted molar refractivity (Wildman–Crippen MR) is 89.7 cm³/mol. The molecule has 7 heteroatoms. The van der Waals surface area contributed by atoms with Crippen LogP contribution in [0.15, 0.2) is 35.3 Å². The smallest absolute Gasteiger partial charge is 0.265 e. The molecule has 1 aromatic carbocycles. The van der Waals surface area contributed by atoms with Crippen LogP contribution in [0.5, 0.6) is 0 Å². The third-order valence-corrected chi connectivity index (χ3v) is 5.05. The molecule has 0 amide bonds. The van der Waals surface area contributed by atoms with E-state index in [9.17, 15) is 9.18 Å². The van der Waals surface area contributed by atoms with Crippen molar-refractivity contribution in [1.82, 2.24) is 19.6 Å². The second-order valence-corrected chi connectivity index (χ2v) is 6.53. The maximum atomic E-state index is 13.8. The van der Waals surface area contributed by atoms with Crippen molar-refractivity contribution in [2.45, 2.75) is 32.4 Å². The lowest BCUT2D eigenvalue weighted by molar-refractivity contribution is 0.552. The third-order valence-electron chi connectivity index (χ3n) is 4.65. The molecule has 3 aromatic rings. The standard InChI is InChI=1S/C17H16ClFN4O/c1-2-10-7-14(10)23-17(24)15-12(8-20-23)16(18)22(21-15)9-11-5-3-4-6-13(11)19/h3-6,8,10,14H,2,7,9H2,1H3/t10-,14+/m1/s1. The Morgan fingerprint density at radius 1 is 1.38 bits per heavy atom. The number of aromatic nitrogens is 4. The van der Waals surface area contributed by atoms with Gasteiger partial charge in [0, 0.05) is 5.56 Å². The van der Waals surface area contributed by atoms with Crippen LogP contribution in [-0.2, 0) is 6.54 Å². The summed E-state index contributed by atoms with van der Waals surface area (Å²) < 4.78 is 16.8. The van der Waals surface area contributed by atoms with Crippen molar-refractivity contribution in [2.24, 2.45) is 5.92 Å². The first-order valence-electron chi connectivity index (χ1n) is 7.97. The number of hydrogen-bond donors (Lipinski definition) is 0. The molecule has 1 saturated carbocycles. The van der Waals surface area contributed by atoms with E-state index in [4.69, 9.17) is 11.6 Å². The summed E-state index contributed by atoms with van der Waals surface area (Å²) in [4.78, 5) is 12.6. The van der Waals surface area contributed by atoms with E-state index in [2.05, 4.69) is 17.1 Å². The fourth-order valence-corrected chi connectivity index (χ4v) is 3.34. The van der Waals surface area contributed by atoms with E-state index < -0.39 is 0 Å². The molecule has 0 aliphatic heterocycles. The van der Waals surface area contributed by atoms with E-state index in [1.807, 2.05) is 0 Å². The van der Waals surface area contributed by atoms with Gasteiger partial charge < -0.3 is 0 Å². The summed E-state index contributed by atoms with van der Waals surface area (Å²) in [6.45, 7) is 2.27. The van der Waals surface area contributed by atoms with Gasteiger partial charge in [-0.2, -0.15) is 10.2 Å². The summed E-state index contributed by atoms with van der Waals surface area (Å²) in [6.07, 6.45) is 3.58. The molecule has 0 radical (unpaired) electrons. The Hall–Kier alpha value is -2.21. The fraction of sp³-hybridized carbons (Fsp3) is 0.353. The molecule has 1 aliphatic carbocycles. The molecule has 24 heavy (non-hydrogen) atoms. The monoisotopic (exact) mass is 346 g/mol. The minimum Gasteiger partial charge on any atom is -0.265 e. The minimum absolute atomic E-state index is 0.155. The van der Waals surface area contributed by atoms with Crippen molar-refractivity contribution < 1.29 is 4.39 Å². The molecule has 0 N–H and O–H groups in total. The highest BCUT2D eigenvalue weighted by atomic mass is 35.5. The van der Waals surface area contributed by atoms with Crippen molar-refractivity contribution in [3.63, 3.8) is 0 Å². The minimum atomic E-state index is -0.326. The van der Waals surface area contributed by atoms with Crippen LogP contribution in [-0.4, -0.2) is 19.6 Å². The highest BCUT2D eigenvalue weighted by molar-refractivity contribution is 6.34. The summed E-state index contributed by atoms with van der Waals surface area (Å²) in [5.41, 5.74) is 0.518. The molecule has 124 valence electrons. The van der Waals surface area contributed by atoms with Gasteiger partial charge in [0.25, 0.3) is 5.56 Å². The van der Waals surface area contributed by atoms with Crippen LogP contribution in [0.3, 0.4) is 0 Å². The topological polar surface area (TPSA) is 52.7 Å². The first-order chi connectivity index (χ1) is 11.6. The lowest BCUT2D eigenvalue weighted by atomic mass is 10.2. The average molecular weight is 347 g/mol. The fourth-order valence-electron chi connectivity index (χ4n) is 3.11. The maximum absolute atomic E-state index is 13.8. The lowest BCUT2D eigenvalue weighted by Crippen LogP contribution is -2.22. The van der Waals surface area contributed by atoms with Gasteiger partial charge in [-0.15, -0.1) is 0 Å². The molecule has 2 aromatic heterocycles. The molecule has 0 spiro atoms. The second kappa shape index (κ2) is 5.70. The van der Waals surface area contributed by atoms with Crippen LogP contribution in [0.4, 0.5) is 4.39 Å². The molecule has 1 aliphatic rings. The highest BCUT2D eigenvalue weighted by Crippen LogP contribution is 2.44. The van der Waals surface area contributed by atoms with Crippen LogP contribution in [0.25, 0.3) is 10.9 Å². The molecule has 0 bridgehead atoms. The molecule has 2 heterocycles. The van der Waals surface area contributed by atoms with Crippen molar-refractivity contribution >= 4 is 22.5 Å². The van der Waals surface area contributed by atoms with Crippen molar-refractivity contribution in [3.05, 3.63) is 57.3 Å². The largest absolute Gasteiger partial charge is 0.295 e. The van der Waals surface area contributed by atoms with Gasteiger partial charge in [-0.05, 0) is 18.4 Å². The van der Waals surface area contributed by atoms with Gasteiger partial charge in [-0.25, -0.2) is 13.8 Å². The molecular formula is C17H16ClFN4O. The number of rotatable bonds is 4. The van der Waals surface area contributed by atoms with Gasteiger partial charge >= 0.3 is 0 Å². The van der Waals surface area contributed by atoms with Crippen LogP contribution in [0, 0.1) is 11.7 Å². The number of fused-ring (bicyclic) bond motifs is 1. The number of nitrogens with zero attached hydrogens (tertiary/aromatic N) is 4. The van der Waals surface area contributed by atoms with Crippen LogP contribution >= 0.6 is 11.6 Å². The zero-order chi connectivity index (χ0) is 16.8. The quantitative estimate of drug-likeness (QED) is 0.727. The summed E-state index contributed by atoms with van der Waals surface area (Å²) in [7, 11) is 0. The molecule has 2 atom stereocenters. The van der Waals surface area contributed by atoms with Crippen LogP contribution < -0.4 is 5.56 Å². The van der Waals surface area contributed by atoms with E-state index in [-0.39, 0.29) is 29.5 Å². The molecular weight excluding hydrogens is 331 g/mol. The molecule has 0 saturated heterocycles. The second-order valence-electron chi connectivity index (χ2n) is 6.17. The number of hydrogen-bond acceptors (Lipinski definition) is 3. The molecule has 1 fully saturated rings. The number of halogens is 2. The maximum Gasteiger partial charge on any atom is 0.295 e. The van der Waals surface area contributed by atoms with Gasteiger partial charge in [0.2, 0.25) is 0 Å². The van der Waals surface area contributed by atoms with E-state index in [1.165, 1.54) is 15.4 Å². The van der Waals surface area contributed by atoms with Crippen molar-refractivity contribution in [3.8, 4) is 0 Å². The highest BCUT2D eigenvalue weighted by Gasteiger charge is 2.39. The Morgan fingerprint density at radius 3 is 2.88 bits per heavy atom. The van der Waals surface area contributed by atoms with Gasteiger partial charge in [-0.3, -0.25) is 4.79 Å². The van der Waals surface area contributed by atoms with E-state index in [0.29, 0.717) is 22.0 Å². The summed E-state index contributed by atoms with van der Waals surface area (Å²) in [6, 6.07) is 6.59. The van der Waals surface area contributed by atoms with E-state index >= 15 is 0 Å². The summed E-state index contributed by atoms with van der Waals surface area (Å²) in [5.74, 6) is 0.177. The van der Waals surface area contributed by atoms with E-state index in [1.54, 1.807) is 24.4 Å². The zero-order valence-corrected chi connectivity index (χ0v) is 13.9. The molecule has 4 rings (SSSR count). The SMILES string of the molecule is CC[C@@H]1C[C@@H]1n1ncc2c(Cl)n(Cc3ccccc3F)nc2c1=O. The summed E-state index contributed by atoms with van der Waals surface area (Å²) in [5, 5.41) is 9.37. The first kappa shape index (κ1) is 15.3. The predicted octanol–water partition coefficient (Wildman–Crippen LogP) is 3.40. The Morgan fingerprint density at radius 2 is 2.17 bits per heavy atom. The normalized spacial score (nSPS) is 19.8. The summed E-state index contributed by atoms with van der Waals surface area (Å²) >= 11 is 6.32. The Balaban J connectivity index is 1.76. The van der Waals surface area contributed by atoms with Crippen molar-refractivity contribution in [1.29, 1.82) is 0 Å². The Labute approximate surface area is 142 Å². The van der Waals surface area contributed by atoms with Gasteiger partial charge in [0.1, 0.15) is 11.0 Å². The Bertz CT molecular complexity index is 980. The van der Waals surface area contributed by atoms with Gasteiger partial charge in [0.15, 0.2) is 5.52 Å². The third kappa shape index (κ3) is 2.41.